The van der Waals surface area contributed by atoms with Crippen LogP contribution in [0.5, 0.6) is 11.5 Å². The fraction of sp³-hybridized carbons (Fsp3) is 0.235. The van der Waals surface area contributed by atoms with Gasteiger partial charge in [-0.1, -0.05) is 0 Å². The molecule has 118 valence electrons. The second-order valence-corrected chi connectivity index (χ2v) is 5.39. The first-order valence-corrected chi connectivity index (χ1v) is 7.48. The van der Waals surface area contributed by atoms with Crippen LogP contribution in [0.25, 0.3) is 5.70 Å². The maximum atomic E-state index is 12.1. The van der Waals surface area contributed by atoms with Crippen molar-refractivity contribution >= 4 is 11.6 Å². The molecule has 0 unspecified atom stereocenters. The van der Waals surface area contributed by atoms with Crippen LogP contribution in [0.15, 0.2) is 41.0 Å². The minimum atomic E-state index is -0.172. The van der Waals surface area contributed by atoms with Gasteiger partial charge in [-0.25, -0.2) is 0 Å². The van der Waals surface area contributed by atoms with E-state index in [9.17, 15) is 4.79 Å². The van der Waals surface area contributed by atoms with Gasteiger partial charge in [0.1, 0.15) is 5.76 Å². The van der Waals surface area contributed by atoms with Crippen LogP contribution >= 0.6 is 0 Å². The smallest absolute Gasteiger partial charge is 0.246 e. The molecular weight excluding hydrogens is 296 g/mol. The Morgan fingerprint density at radius 3 is 3.00 bits per heavy atom. The number of ether oxygens (including phenoxy) is 2. The van der Waals surface area contributed by atoms with E-state index < -0.39 is 0 Å². The van der Waals surface area contributed by atoms with Crippen molar-refractivity contribution in [1.29, 1.82) is 0 Å². The van der Waals surface area contributed by atoms with E-state index in [4.69, 9.17) is 13.9 Å². The summed E-state index contributed by atoms with van der Waals surface area (Å²) in [7, 11) is 0. The van der Waals surface area contributed by atoms with Gasteiger partial charge >= 0.3 is 0 Å². The van der Waals surface area contributed by atoms with Crippen LogP contribution in [0.3, 0.4) is 0 Å². The quantitative estimate of drug-likeness (QED) is 0.846. The summed E-state index contributed by atoms with van der Waals surface area (Å²) in [6.45, 7) is 1.39. The number of carbonyl (C=O) groups is 1. The van der Waals surface area contributed by atoms with Crippen LogP contribution < -0.4 is 20.1 Å². The van der Waals surface area contributed by atoms with E-state index in [2.05, 4.69) is 10.6 Å². The Balaban J connectivity index is 1.54. The van der Waals surface area contributed by atoms with E-state index in [0.717, 1.165) is 41.3 Å². The summed E-state index contributed by atoms with van der Waals surface area (Å²) in [5.41, 5.74) is 2.92. The van der Waals surface area contributed by atoms with Gasteiger partial charge in [0.25, 0.3) is 0 Å². The Kier molecular flexibility index (Phi) is 3.42. The second-order valence-electron chi connectivity index (χ2n) is 5.39. The highest BCUT2D eigenvalue weighted by Gasteiger charge is 2.21. The fourth-order valence-electron chi connectivity index (χ4n) is 2.77. The molecule has 1 aromatic carbocycles. The lowest BCUT2D eigenvalue weighted by Gasteiger charge is -2.21. The van der Waals surface area contributed by atoms with Gasteiger partial charge in [-0.05, 0) is 36.2 Å². The standard InChI is InChI=1S/C17H16N2O4/c20-17(19-9-12-2-1-5-21-12)8-14-13-7-16-15(22-10-23-16)6-11(13)3-4-18-14/h1-2,5-8,18H,3-4,9-10H2,(H,19,20). The zero-order valence-corrected chi connectivity index (χ0v) is 12.4. The van der Waals surface area contributed by atoms with Gasteiger partial charge in [0.05, 0.1) is 12.8 Å². The van der Waals surface area contributed by atoms with Crippen LogP contribution in [0.4, 0.5) is 0 Å². The number of hydrogen-bond acceptors (Lipinski definition) is 5. The molecule has 1 aromatic heterocycles. The molecule has 2 aliphatic heterocycles. The predicted molar refractivity (Wildman–Crippen MR) is 82.8 cm³/mol. The number of rotatable bonds is 3. The Morgan fingerprint density at radius 2 is 2.17 bits per heavy atom. The van der Waals surface area contributed by atoms with Crippen LogP contribution in [0.1, 0.15) is 16.9 Å². The first kappa shape index (κ1) is 13.8. The molecule has 6 heteroatoms. The molecule has 4 rings (SSSR count). The summed E-state index contributed by atoms with van der Waals surface area (Å²) in [6.07, 6.45) is 4.04. The van der Waals surface area contributed by atoms with E-state index >= 15 is 0 Å². The van der Waals surface area contributed by atoms with E-state index in [1.807, 2.05) is 18.2 Å². The van der Waals surface area contributed by atoms with Crippen molar-refractivity contribution in [2.24, 2.45) is 0 Å². The maximum Gasteiger partial charge on any atom is 0.246 e. The fourth-order valence-corrected chi connectivity index (χ4v) is 2.77. The molecule has 2 N–H and O–H groups in total. The molecule has 2 aliphatic rings. The average molecular weight is 312 g/mol. The monoisotopic (exact) mass is 312 g/mol. The molecule has 0 radical (unpaired) electrons. The van der Waals surface area contributed by atoms with E-state index in [1.165, 1.54) is 0 Å². The lowest BCUT2D eigenvalue weighted by molar-refractivity contribution is -0.116. The first-order chi connectivity index (χ1) is 11.3. The summed E-state index contributed by atoms with van der Waals surface area (Å²) >= 11 is 0. The molecule has 0 saturated heterocycles. The molecule has 0 bridgehead atoms. The SMILES string of the molecule is O=C(C=C1NCCc2cc3c(cc21)OCO3)NCc1ccco1. The predicted octanol–water partition coefficient (Wildman–Crippen LogP) is 1.81. The Morgan fingerprint density at radius 1 is 1.30 bits per heavy atom. The number of carbonyl (C=O) groups excluding carboxylic acids is 1. The number of benzene rings is 1. The summed E-state index contributed by atoms with van der Waals surface area (Å²) in [5, 5.41) is 6.08. The van der Waals surface area contributed by atoms with Gasteiger partial charge in [0, 0.05) is 23.9 Å². The Hall–Kier alpha value is -2.89. The van der Waals surface area contributed by atoms with Crippen molar-refractivity contribution in [2.75, 3.05) is 13.3 Å². The van der Waals surface area contributed by atoms with Crippen molar-refractivity contribution < 1.29 is 18.7 Å². The highest BCUT2D eigenvalue weighted by Crippen LogP contribution is 2.37. The van der Waals surface area contributed by atoms with Gasteiger partial charge in [0.15, 0.2) is 11.5 Å². The van der Waals surface area contributed by atoms with Crippen molar-refractivity contribution in [3.8, 4) is 11.5 Å². The largest absolute Gasteiger partial charge is 0.467 e. The summed E-state index contributed by atoms with van der Waals surface area (Å²) < 4.78 is 16.0. The molecular formula is C17H16N2O4. The van der Waals surface area contributed by atoms with Crippen molar-refractivity contribution in [1.82, 2.24) is 10.6 Å². The average Bonchev–Trinajstić information content (AvgIpc) is 3.22. The number of furan rings is 1. The maximum absolute atomic E-state index is 12.1. The minimum Gasteiger partial charge on any atom is -0.467 e. The van der Waals surface area contributed by atoms with Crippen molar-refractivity contribution in [3.05, 3.63) is 53.5 Å². The molecule has 0 saturated carbocycles. The Labute approximate surface area is 133 Å². The van der Waals surface area contributed by atoms with Crippen LogP contribution in [-0.2, 0) is 17.8 Å². The zero-order chi connectivity index (χ0) is 15.6. The van der Waals surface area contributed by atoms with Crippen molar-refractivity contribution in [3.63, 3.8) is 0 Å². The van der Waals surface area contributed by atoms with Crippen LogP contribution in [-0.4, -0.2) is 19.2 Å². The van der Waals surface area contributed by atoms with E-state index in [1.54, 1.807) is 18.4 Å². The van der Waals surface area contributed by atoms with E-state index in [-0.39, 0.29) is 12.7 Å². The van der Waals surface area contributed by atoms with Gasteiger partial charge in [0.2, 0.25) is 12.7 Å². The van der Waals surface area contributed by atoms with E-state index in [0.29, 0.717) is 12.3 Å². The third-order valence-corrected chi connectivity index (χ3v) is 3.89. The molecule has 3 heterocycles. The number of nitrogens with one attached hydrogen (secondary N) is 2. The second kappa shape index (κ2) is 5.72. The van der Waals surface area contributed by atoms with Gasteiger partial charge in [-0.15, -0.1) is 0 Å². The van der Waals surface area contributed by atoms with Gasteiger partial charge in [-0.3, -0.25) is 4.79 Å². The third kappa shape index (κ3) is 2.75. The van der Waals surface area contributed by atoms with Gasteiger partial charge < -0.3 is 24.5 Å². The first-order valence-electron chi connectivity index (χ1n) is 7.48. The molecule has 23 heavy (non-hydrogen) atoms. The molecule has 6 nitrogen and oxygen atoms in total. The lowest BCUT2D eigenvalue weighted by Crippen LogP contribution is -2.26. The number of amides is 1. The summed E-state index contributed by atoms with van der Waals surface area (Å²) in [6, 6.07) is 7.53. The highest BCUT2D eigenvalue weighted by atomic mass is 16.7. The summed E-state index contributed by atoms with van der Waals surface area (Å²) in [4.78, 5) is 12.1. The van der Waals surface area contributed by atoms with Crippen LogP contribution in [0.2, 0.25) is 0 Å². The normalized spacial score (nSPS) is 16.8. The molecule has 0 fully saturated rings. The highest BCUT2D eigenvalue weighted by molar-refractivity contribution is 5.95. The number of hydrogen-bond donors (Lipinski definition) is 2. The molecule has 0 atom stereocenters. The lowest BCUT2D eigenvalue weighted by atomic mass is 9.97. The molecule has 1 amide bonds. The third-order valence-electron chi connectivity index (χ3n) is 3.89. The summed E-state index contributed by atoms with van der Waals surface area (Å²) in [5.74, 6) is 2.04. The minimum absolute atomic E-state index is 0.172. The molecule has 0 aliphatic carbocycles. The van der Waals surface area contributed by atoms with Gasteiger partial charge in [-0.2, -0.15) is 0 Å². The molecule has 2 aromatic rings. The zero-order valence-electron chi connectivity index (χ0n) is 12.4. The van der Waals surface area contributed by atoms with Crippen molar-refractivity contribution in [2.45, 2.75) is 13.0 Å². The number of fused-ring (bicyclic) bond motifs is 2. The van der Waals surface area contributed by atoms with Crippen LogP contribution in [0, 0.1) is 0 Å². The molecule has 0 spiro atoms. The Bertz CT molecular complexity index is 765. The topological polar surface area (TPSA) is 72.7 Å².